The van der Waals surface area contributed by atoms with Crippen LogP contribution in [0.15, 0.2) is 149 Å². The van der Waals surface area contributed by atoms with Crippen molar-refractivity contribution < 1.29 is 41.9 Å². The fourth-order valence-electron chi connectivity index (χ4n) is 8.31. The van der Waals surface area contributed by atoms with Crippen molar-refractivity contribution in [3.05, 3.63) is 183 Å². The average Bonchev–Trinajstić information content (AvgIpc) is 3.72. The van der Waals surface area contributed by atoms with Gasteiger partial charge in [0.25, 0.3) is 0 Å². The fraction of sp³-hybridized carbons (Fsp3) is 0.122. The Morgan fingerprint density at radius 3 is 1.53 bits per heavy atom. The molecule has 0 N–H and O–H groups in total. The molecule has 7 nitrogen and oxygen atoms in total. The van der Waals surface area contributed by atoms with E-state index < -0.39 is 30.9 Å². The molecule has 3 aliphatic rings. The van der Waals surface area contributed by atoms with E-state index in [0.29, 0.717) is 40.7 Å². The van der Waals surface area contributed by atoms with E-state index in [9.17, 15) is 19.2 Å². The second kappa shape index (κ2) is 15.8. The molecule has 0 bridgehead atoms. The summed E-state index contributed by atoms with van der Waals surface area (Å²) in [5, 5.41) is 5.07. The number of carbonyl (C=O) groups is 4. The Hall–Kier alpha value is -5.85. The Morgan fingerprint density at radius 2 is 1.10 bits per heavy atom. The number of carbonyl (C=O) groups excluding carboxylic acids is 4. The van der Waals surface area contributed by atoms with Crippen molar-refractivity contribution >= 4 is 69.7 Å². The van der Waals surface area contributed by atoms with Crippen LogP contribution in [0.25, 0.3) is 22.9 Å². The van der Waals surface area contributed by atoms with E-state index in [0.717, 1.165) is 47.7 Å². The first-order chi connectivity index (χ1) is 28.2. The van der Waals surface area contributed by atoms with Crippen molar-refractivity contribution in [3.8, 4) is 4.37 Å². The molecule has 58 heavy (non-hydrogen) atoms. The number of amides is 4. The summed E-state index contributed by atoms with van der Waals surface area (Å²) >= 11 is 1.68. The zero-order valence-electron chi connectivity index (χ0n) is 32.4. The van der Waals surface area contributed by atoms with Gasteiger partial charge in [-0.15, -0.1) is 0 Å². The molecule has 0 aromatic heterocycles. The van der Waals surface area contributed by atoms with Gasteiger partial charge in [-0.2, -0.15) is 0 Å². The summed E-state index contributed by atoms with van der Waals surface area (Å²) in [6.45, 7) is 4.75. The number of hydrogen-bond donors (Lipinski definition) is 0. The Balaban J connectivity index is 1.50. The number of ether oxygens (including phenoxy) is 1. The van der Waals surface area contributed by atoms with E-state index in [1.54, 1.807) is 42.2 Å². The molecule has 3 heterocycles. The average molecular weight is 957 g/mol. The summed E-state index contributed by atoms with van der Waals surface area (Å²) in [7, 11) is 0.259. The fourth-order valence-corrected chi connectivity index (χ4v) is 14.1. The molecule has 0 saturated carbocycles. The van der Waals surface area contributed by atoms with Gasteiger partial charge in [0.15, 0.2) is 0 Å². The molecule has 287 valence electrons. The molecule has 1 saturated heterocycles. The van der Waals surface area contributed by atoms with E-state index in [-0.39, 0.29) is 16.7 Å². The van der Waals surface area contributed by atoms with Crippen molar-refractivity contribution in [1.29, 1.82) is 0 Å². The molecule has 0 radical (unpaired) electrons. The molecule has 1 fully saturated rings. The molecular weight excluding hydrogens is 918 g/mol. The second-order valence-corrected chi connectivity index (χ2v) is 18.2. The molecule has 0 atom stereocenters. The molecule has 9 heteroatoms. The van der Waals surface area contributed by atoms with E-state index in [4.69, 9.17) is 4.74 Å². The van der Waals surface area contributed by atoms with Crippen molar-refractivity contribution in [1.82, 2.24) is 9.80 Å². The minimum absolute atomic E-state index is 0.257. The number of allylic oxidation sites excluding steroid dienone is 6. The predicted octanol–water partition coefficient (Wildman–Crippen LogP) is 7.99. The Bertz CT molecular complexity index is 2680. The van der Waals surface area contributed by atoms with Crippen LogP contribution in [-0.2, 0) is 22.7 Å². The normalized spacial score (nSPS) is 17.4. The number of hydrogen-bond acceptors (Lipinski definition) is 5. The van der Waals surface area contributed by atoms with Crippen molar-refractivity contribution in [3.63, 3.8) is 0 Å². The Labute approximate surface area is 348 Å². The summed E-state index contributed by atoms with van der Waals surface area (Å²) < 4.78 is 9.71. The van der Waals surface area contributed by atoms with Crippen LogP contribution in [0.5, 0.6) is 0 Å². The van der Waals surface area contributed by atoms with Gasteiger partial charge in [0.05, 0.1) is 0 Å². The maximum atomic E-state index is 14.3. The monoisotopic (exact) mass is 958 g/mol. The van der Waals surface area contributed by atoms with Crippen LogP contribution in [-0.4, -0.2) is 60.7 Å². The summed E-state index contributed by atoms with van der Waals surface area (Å²) in [6.07, 6.45) is 11.6. The quantitative estimate of drug-likeness (QED) is 0.0896. The van der Waals surface area contributed by atoms with Gasteiger partial charge in [0.1, 0.15) is 0 Å². The van der Waals surface area contributed by atoms with Crippen LogP contribution in [0.4, 0.5) is 0 Å². The first-order valence-corrected chi connectivity index (χ1v) is 22.0. The molecule has 0 aliphatic carbocycles. The Kier molecular flexibility index (Phi) is 10.6. The van der Waals surface area contributed by atoms with Crippen LogP contribution in [0, 0.1) is 4.37 Å². The van der Waals surface area contributed by atoms with Crippen LogP contribution >= 0.6 is 7.26 Å². The molecule has 5 aromatic carbocycles. The maximum absolute atomic E-state index is 14.3. The molecule has 8 rings (SSSR count). The number of rotatable bonds is 8. The minimum atomic E-state index is -2.67. The summed E-state index contributed by atoms with van der Waals surface area (Å²) in [5.41, 5.74) is 5.02. The molecule has 0 unspecified atom stereocenters. The van der Waals surface area contributed by atoms with Gasteiger partial charge in [-0.25, -0.2) is 0 Å². The Morgan fingerprint density at radius 1 is 0.655 bits per heavy atom. The molecule has 3 aliphatic heterocycles. The topological polar surface area (TPSA) is 84.0 Å². The zero-order chi connectivity index (χ0) is 40.7. The number of nitrogens with zero attached hydrogens (tertiary/aromatic N) is 2. The van der Waals surface area contributed by atoms with E-state index in [2.05, 4.69) is 89.3 Å². The van der Waals surface area contributed by atoms with Crippen LogP contribution in [0.1, 0.15) is 66.4 Å². The van der Waals surface area contributed by atoms with Crippen molar-refractivity contribution in [2.45, 2.75) is 13.8 Å². The number of benzene rings is 5. The summed E-state index contributed by atoms with van der Waals surface area (Å²) in [6, 6.07) is 35.0. The van der Waals surface area contributed by atoms with Gasteiger partial charge in [0, 0.05) is 0 Å². The van der Waals surface area contributed by atoms with E-state index >= 15 is 0 Å². The van der Waals surface area contributed by atoms with Gasteiger partial charge in [0.2, 0.25) is 0 Å². The summed E-state index contributed by atoms with van der Waals surface area (Å²) in [5.74, 6) is -1.98. The second-order valence-electron chi connectivity index (χ2n) is 14.2. The third-order valence-corrected chi connectivity index (χ3v) is 16.5. The summed E-state index contributed by atoms with van der Waals surface area (Å²) in [4.78, 5) is 58.2. The first-order valence-electron chi connectivity index (χ1n) is 18.9. The predicted molar refractivity (Wildman–Crippen MR) is 229 cm³/mol. The van der Waals surface area contributed by atoms with Gasteiger partial charge >= 0.3 is 337 Å². The van der Waals surface area contributed by atoms with Gasteiger partial charge in [-0.05, 0) is 6.92 Å². The van der Waals surface area contributed by atoms with Crippen LogP contribution in [0.3, 0.4) is 0 Å². The SMILES string of the molecule is CC=C1COCC1=CC(/C=C/c1cc2c3c(c(/C=C/C)cc4c3c1C(=O)N(C)C4=O)C(=O)N(C)C2=O)=C([C]#[Os])[P+](c1ccccc1)(c1ccccc1)c1ccccc1. The van der Waals surface area contributed by atoms with E-state index in [1.807, 2.05) is 44.2 Å². The number of imide groups is 2. The van der Waals surface area contributed by atoms with Crippen molar-refractivity contribution in [2.75, 3.05) is 27.3 Å². The first kappa shape index (κ1) is 39.0. The van der Waals surface area contributed by atoms with Crippen molar-refractivity contribution in [2.24, 2.45) is 0 Å². The van der Waals surface area contributed by atoms with Crippen LogP contribution in [0.2, 0.25) is 0 Å². The van der Waals surface area contributed by atoms with Gasteiger partial charge in [-0.1, -0.05) is 6.08 Å². The zero-order valence-corrected chi connectivity index (χ0v) is 35.9. The molecule has 0 spiro atoms. The standard InChI is InChI=1S/C49H39N2O5P.Os/c1-6-17-34-27-40-45-43(49(55)51(5)46(40)52)35(28-41-44(45)42(34)48(54)50(4)47(41)53)25-24-33(26-36-30-56-29-32(36)7-2)31(3)57(37-18-11-8-12-19-37,38-20-13-9-14-21-38)39-22-15-10-16-23-39;/h6-28H,29-30H2,1-2,4-5H3;/q+1;/b17-6+,25-24+,32-7?,33-31?,36-26?;. The van der Waals surface area contributed by atoms with Crippen LogP contribution < -0.4 is 15.9 Å². The molecule has 4 amide bonds. The van der Waals surface area contributed by atoms with E-state index in [1.165, 1.54) is 14.1 Å². The van der Waals surface area contributed by atoms with Gasteiger partial charge in [-0.3, -0.25) is 0 Å². The third kappa shape index (κ3) is 6.17. The molecule has 5 aromatic rings. The third-order valence-electron chi connectivity index (χ3n) is 11.1. The van der Waals surface area contributed by atoms with Gasteiger partial charge < -0.3 is 0 Å². The molecular formula is C49H39N2O5OsP+.